The average Bonchev–Trinajstić information content (AvgIpc) is 3.09. The number of sulfonamides is 1. The lowest BCUT2D eigenvalue weighted by atomic mass is 10.2. The Hall–Kier alpha value is -0.470. The van der Waals surface area contributed by atoms with E-state index < -0.39 is 10.0 Å². The number of hydrogen-bond donors (Lipinski definition) is 1. The molecule has 2 aliphatic heterocycles. The highest BCUT2D eigenvalue weighted by Crippen LogP contribution is 2.30. The molecule has 0 bridgehead atoms. The molecule has 1 atom stereocenters. The third-order valence-electron chi connectivity index (χ3n) is 4.53. The average molecular weight is 329 g/mol. The number of hydrogen-bond acceptors (Lipinski definition) is 5. The minimum absolute atomic E-state index is 0.379. The van der Waals surface area contributed by atoms with E-state index in [0.717, 1.165) is 43.0 Å². The first-order chi connectivity index (χ1) is 9.98. The second kappa shape index (κ2) is 5.96. The first kappa shape index (κ1) is 15.4. The minimum Gasteiger partial charge on any atom is -0.314 e. The van der Waals surface area contributed by atoms with Crippen molar-refractivity contribution >= 4 is 21.4 Å². The molecule has 1 aromatic rings. The summed E-state index contributed by atoms with van der Waals surface area (Å²) in [6.45, 7) is 9.29. The highest BCUT2D eigenvalue weighted by Gasteiger charge is 2.36. The van der Waals surface area contributed by atoms with Crippen LogP contribution in [0.4, 0.5) is 0 Å². The van der Waals surface area contributed by atoms with E-state index >= 15 is 0 Å². The van der Waals surface area contributed by atoms with Gasteiger partial charge in [-0.05, 0) is 31.9 Å². The zero-order valence-corrected chi connectivity index (χ0v) is 14.3. The molecule has 2 saturated heterocycles. The smallest absolute Gasteiger partial charge is 0.252 e. The summed E-state index contributed by atoms with van der Waals surface area (Å²) < 4.78 is 27.6. The van der Waals surface area contributed by atoms with Crippen LogP contribution in [0.2, 0.25) is 0 Å². The largest absolute Gasteiger partial charge is 0.314 e. The monoisotopic (exact) mass is 329 g/mol. The van der Waals surface area contributed by atoms with Crippen LogP contribution < -0.4 is 5.32 Å². The summed E-state index contributed by atoms with van der Waals surface area (Å²) in [6, 6.07) is 2.19. The predicted molar refractivity (Wildman–Crippen MR) is 85.4 cm³/mol. The summed E-state index contributed by atoms with van der Waals surface area (Å²) in [5.41, 5.74) is 1.07. The van der Waals surface area contributed by atoms with Gasteiger partial charge < -0.3 is 5.32 Å². The molecule has 1 aromatic heterocycles. The summed E-state index contributed by atoms with van der Waals surface area (Å²) in [5, 5.41) is 3.34. The standard InChI is InChI=1S/C14H23N3O2S2/c1-11-9-14(20-12(11)2)21(18,19)17-6-3-13(10-17)16-7-4-15-5-8-16/h9,13,15H,3-8,10H2,1-2H3. The van der Waals surface area contributed by atoms with Crippen LogP contribution in [-0.4, -0.2) is 62.9 Å². The molecule has 0 saturated carbocycles. The van der Waals surface area contributed by atoms with E-state index in [2.05, 4.69) is 10.2 Å². The van der Waals surface area contributed by atoms with Crippen LogP contribution in [0.3, 0.4) is 0 Å². The number of thiophene rings is 1. The number of rotatable bonds is 3. The van der Waals surface area contributed by atoms with Gasteiger partial charge in [-0.2, -0.15) is 4.31 Å². The van der Waals surface area contributed by atoms with Crippen molar-refractivity contribution in [1.82, 2.24) is 14.5 Å². The van der Waals surface area contributed by atoms with E-state index in [0.29, 0.717) is 23.3 Å². The van der Waals surface area contributed by atoms with Gasteiger partial charge in [0.15, 0.2) is 0 Å². The summed E-state index contributed by atoms with van der Waals surface area (Å²) >= 11 is 1.39. The van der Waals surface area contributed by atoms with Gasteiger partial charge in [-0.3, -0.25) is 4.90 Å². The van der Waals surface area contributed by atoms with Crippen molar-refractivity contribution in [2.24, 2.45) is 0 Å². The SMILES string of the molecule is Cc1cc(S(=O)(=O)N2CCC(N3CCNCC3)C2)sc1C. The van der Waals surface area contributed by atoms with Crippen LogP contribution in [0, 0.1) is 13.8 Å². The van der Waals surface area contributed by atoms with Crippen LogP contribution >= 0.6 is 11.3 Å². The Bertz CT molecular complexity index is 586. The zero-order valence-electron chi connectivity index (χ0n) is 12.6. The van der Waals surface area contributed by atoms with E-state index in [1.165, 1.54) is 11.3 Å². The third kappa shape index (κ3) is 3.03. The van der Waals surface area contributed by atoms with Crippen molar-refractivity contribution in [3.63, 3.8) is 0 Å². The molecule has 5 nitrogen and oxygen atoms in total. The first-order valence-electron chi connectivity index (χ1n) is 7.50. The van der Waals surface area contributed by atoms with Gasteiger partial charge in [0.05, 0.1) is 0 Å². The van der Waals surface area contributed by atoms with Gasteiger partial charge in [-0.1, -0.05) is 0 Å². The van der Waals surface area contributed by atoms with Gasteiger partial charge >= 0.3 is 0 Å². The molecule has 118 valence electrons. The Kier molecular flexibility index (Phi) is 4.38. The van der Waals surface area contributed by atoms with Gasteiger partial charge in [0.2, 0.25) is 0 Å². The maximum Gasteiger partial charge on any atom is 0.252 e. The van der Waals surface area contributed by atoms with Crippen molar-refractivity contribution in [1.29, 1.82) is 0 Å². The van der Waals surface area contributed by atoms with E-state index in [-0.39, 0.29) is 0 Å². The van der Waals surface area contributed by atoms with Gasteiger partial charge in [0.1, 0.15) is 4.21 Å². The fourth-order valence-corrected chi connectivity index (χ4v) is 6.23. The molecule has 3 rings (SSSR count). The molecule has 7 heteroatoms. The maximum absolute atomic E-state index is 12.7. The van der Waals surface area contributed by atoms with Gasteiger partial charge in [0, 0.05) is 50.2 Å². The molecular formula is C14H23N3O2S2. The Labute approximate surface area is 131 Å². The van der Waals surface area contributed by atoms with E-state index in [4.69, 9.17) is 0 Å². The van der Waals surface area contributed by atoms with Crippen molar-refractivity contribution in [3.05, 3.63) is 16.5 Å². The molecule has 0 amide bonds. The molecule has 0 radical (unpaired) electrons. The van der Waals surface area contributed by atoms with E-state index in [1.54, 1.807) is 4.31 Å². The molecule has 1 N–H and O–H groups in total. The number of piperazine rings is 1. The van der Waals surface area contributed by atoms with Crippen LogP contribution in [-0.2, 0) is 10.0 Å². The lowest BCUT2D eigenvalue weighted by molar-refractivity contribution is 0.179. The van der Waals surface area contributed by atoms with Crippen molar-refractivity contribution in [2.45, 2.75) is 30.5 Å². The molecule has 0 aliphatic carbocycles. The van der Waals surface area contributed by atoms with Gasteiger partial charge in [-0.25, -0.2) is 8.42 Å². The molecule has 21 heavy (non-hydrogen) atoms. The first-order valence-corrected chi connectivity index (χ1v) is 9.76. The highest BCUT2D eigenvalue weighted by atomic mass is 32.2. The van der Waals surface area contributed by atoms with Gasteiger partial charge in [0.25, 0.3) is 10.0 Å². The quantitative estimate of drug-likeness (QED) is 0.900. The topological polar surface area (TPSA) is 52.7 Å². The second-order valence-corrected chi connectivity index (χ2v) is 9.32. The van der Waals surface area contributed by atoms with Crippen LogP contribution in [0.25, 0.3) is 0 Å². The molecule has 2 aliphatic rings. The van der Waals surface area contributed by atoms with Crippen molar-refractivity contribution in [2.75, 3.05) is 39.3 Å². The number of nitrogens with zero attached hydrogens (tertiary/aromatic N) is 2. The Morgan fingerprint density at radius 2 is 1.95 bits per heavy atom. The Morgan fingerprint density at radius 1 is 1.24 bits per heavy atom. The van der Waals surface area contributed by atoms with Crippen LogP contribution in [0.1, 0.15) is 16.9 Å². The van der Waals surface area contributed by atoms with E-state index in [9.17, 15) is 8.42 Å². The summed E-state index contributed by atoms with van der Waals surface area (Å²) in [4.78, 5) is 3.52. The fourth-order valence-electron chi connectivity index (χ4n) is 3.07. The maximum atomic E-state index is 12.7. The lowest BCUT2D eigenvalue weighted by Gasteiger charge is -2.32. The lowest BCUT2D eigenvalue weighted by Crippen LogP contribution is -2.49. The summed E-state index contributed by atoms with van der Waals surface area (Å²) in [7, 11) is -3.30. The highest BCUT2D eigenvalue weighted by molar-refractivity contribution is 7.91. The van der Waals surface area contributed by atoms with Crippen LogP contribution in [0.15, 0.2) is 10.3 Å². The predicted octanol–water partition coefficient (Wildman–Crippen LogP) is 1.03. The van der Waals surface area contributed by atoms with Crippen molar-refractivity contribution in [3.8, 4) is 0 Å². The minimum atomic E-state index is -3.30. The molecular weight excluding hydrogens is 306 g/mol. The summed E-state index contributed by atoms with van der Waals surface area (Å²) in [5.74, 6) is 0. The van der Waals surface area contributed by atoms with Crippen molar-refractivity contribution < 1.29 is 8.42 Å². The molecule has 0 spiro atoms. The third-order valence-corrected chi connectivity index (χ3v) is 8.00. The Balaban J connectivity index is 1.72. The molecule has 2 fully saturated rings. The molecule has 1 unspecified atom stereocenters. The van der Waals surface area contributed by atoms with Crippen LogP contribution in [0.5, 0.6) is 0 Å². The normalized spacial score (nSPS) is 25.5. The summed E-state index contributed by atoms with van der Waals surface area (Å²) in [6.07, 6.45) is 0.947. The zero-order chi connectivity index (χ0) is 15.0. The number of aryl methyl sites for hydroxylation is 2. The Morgan fingerprint density at radius 3 is 2.57 bits per heavy atom. The molecule has 0 aromatic carbocycles. The second-order valence-electron chi connectivity index (χ2n) is 5.90. The fraction of sp³-hybridized carbons (Fsp3) is 0.714. The van der Waals surface area contributed by atoms with Gasteiger partial charge in [-0.15, -0.1) is 11.3 Å². The number of nitrogens with one attached hydrogen (secondary N) is 1. The van der Waals surface area contributed by atoms with E-state index in [1.807, 2.05) is 19.9 Å². The molecule has 3 heterocycles.